The average Bonchev–Trinajstić information content (AvgIpc) is 2.77. The fraction of sp³-hybridized carbons (Fsp3) is 0.833. The summed E-state index contributed by atoms with van der Waals surface area (Å²) >= 11 is 0. The monoisotopic (exact) mass is 238 g/mol. The van der Waals surface area contributed by atoms with Crippen molar-refractivity contribution in [3.05, 3.63) is 11.7 Å². The molecule has 1 atom stereocenters. The van der Waals surface area contributed by atoms with E-state index in [9.17, 15) is 0 Å². The van der Waals surface area contributed by atoms with Crippen LogP contribution in [0.3, 0.4) is 0 Å². The van der Waals surface area contributed by atoms with Crippen LogP contribution in [-0.4, -0.2) is 28.1 Å². The zero-order valence-electron chi connectivity index (χ0n) is 10.8. The summed E-state index contributed by atoms with van der Waals surface area (Å²) in [7, 11) is 0. The molecule has 0 saturated carbocycles. The molecule has 5 heteroatoms. The van der Waals surface area contributed by atoms with Crippen molar-refractivity contribution < 1.29 is 4.52 Å². The molecular weight excluding hydrogens is 216 g/mol. The summed E-state index contributed by atoms with van der Waals surface area (Å²) in [5, 5.41) is 3.95. The minimum atomic E-state index is 0.319. The molecule has 0 amide bonds. The van der Waals surface area contributed by atoms with E-state index in [1.807, 2.05) is 0 Å². The van der Waals surface area contributed by atoms with Gasteiger partial charge in [-0.05, 0) is 31.2 Å². The first-order chi connectivity index (χ1) is 8.15. The van der Waals surface area contributed by atoms with Gasteiger partial charge < -0.3 is 10.3 Å². The highest BCUT2D eigenvalue weighted by atomic mass is 16.5. The summed E-state index contributed by atoms with van der Waals surface area (Å²) < 4.78 is 5.02. The smallest absolute Gasteiger partial charge is 0.240 e. The van der Waals surface area contributed by atoms with Crippen molar-refractivity contribution >= 4 is 0 Å². The lowest BCUT2D eigenvalue weighted by Gasteiger charge is -2.39. The van der Waals surface area contributed by atoms with Gasteiger partial charge in [-0.15, -0.1) is 0 Å². The van der Waals surface area contributed by atoms with Gasteiger partial charge in [-0.1, -0.05) is 19.0 Å². The number of hydrogen-bond acceptors (Lipinski definition) is 5. The molecule has 0 radical (unpaired) electrons. The zero-order chi connectivity index (χ0) is 12.3. The van der Waals surface area contributed by atoms with E-state index in [-0.39, 0.29) is 0 Å². The second-order valence-electron chi connectivity index (χ2n) is 5.29. The Kier molecular flexibility index (Phi) is 3.79. The first kappa shape index (κ1) is 12.5. The normalized spacial score (nSPS) is 26.3. The van der Waals surface area contributed by atoms with Gasteiger partial charge in [-0.25, -0.2) is 0 Å². The summed E-state index contributed by atoms with van der Waals surface area (Å²) in [4.78, 5) is 6.67. The predicted octanol–water partition coefficient (Wildman–Crippen LogP) is 1.54. The van der Waals surface area contributed by atoms with Crippen LogP contribution in [0.15, 0.2) is 4.52 Å². The number of aromatic nitrogens is 2. The summed E-state index contributed by atoms with van der Waals surface area (Å²) in [5.74, 6) is 1.28. The number of likely N-dealkylation sites (tertiary alicyclic amines) is 1. The van der Waals surface area contributed by atoms with Crippen molar-refractivity contribution in [1.82, 2.24) is 15.0 Å². The summed E-state index contributed by atoms with van der Waals surface area (Å²) in [5.41, 5.74) is 5.89. The van der Waals surface area contributed by atoms with Crippen LogP contribution in [-0.2, 0) is 13.1 Å². The Hall–Kier alpha value is -0.940. The molecule has 1 fully saturated rings. The lowest BCUT2D eigenvalue weighted by Crippen LogP contribution is -2.41. The molecule has 1 unspecified atom stereocenters. The van der Waals surface area contributed by atoms with E-state index in [1.165, 1.54) is 19.3 Å². The van der Waals surface area contributed by atoms with E-state index in [0.717, 1.165) is 25.5 Å². The first-order valence-electron chi connectivity index (χ1n) is 6.39. The van der Waals surface area contributed by atoms with E-state index < -0.39 is 0 Å². The van der Waals surface area contributed by atoms with Gasteiger partial charge in [0.2, 0.25) is 5.89 Å². The van der Waals surface area contributed by atoms with E-state index in [0.29, 0.717) is 17.9 Å². The quantitative estimate of drug-likeness (QED) is 0.861. The van der Waals surface area contributed by atoms with Gasteiger partial charge in [0.15, 0.2) is 5.82 Å². The van der Waals surface area contributed by atoms with E-state index >= 15 is 0 Å². The molecule has 1 aliphatic heterocycles. The molecule has 96 valence electrons. The van der Waals surface area contributed by atoms with Crippen LogP contribution in [0.4, 0.5) is 0 Å². The third-order valence-corrected chi connectivity index (χ3v) is 3.76. The molecule has 1 aromatic heterocycles. The van der Waals surface area contributed by atoms with Gasteiger partial charge in [0, 0.05) is 6.54 Å². The van der Waals surface area contributed by atoms with Gasteiger partial charge in [0.25, 0.3) is 0 Å². The highest BCUT2D eigenvalue weighted by Gasteiger charge is 2.29. The maximum Gasteiger partial charge on any atom is 0.240 e. The highest BCUT2D eigenvalue weighted by molar-refractivity contribution is 4.89. The number of rotatable bonds is 4. The maximum absolute atomic E-state index is 5.45. The molecule has 0 spiro atoms. The molecule has 0 bridgehead atoms. The van der Waals surface area contributed by atoms with Crippen molar-refractivity contribution in [2.24, 2.45) is 11.1 Å². The van der Waals surface area contributed by atoms with Gasteiger partial charge in [-0.2, -0.15) is 4.98 Å². The number of nitrogens with zero attached hydrogens (tertiary/aromatic N) is 3. The third-order valence-electron chi connectivity index (χ3n) is 3.76. The van der Waals surface area contributed by atoms with Crippen LogP contribution < -0.4 is 5.73 Å². The highest BCUT2D eigenvalue weighted by Crippen LogP contribution is 2.32. The van der Waals surface area contributed by atoms with E-state index in [1.54, 1.807) is 0 Å². The van der Waals surface area contributed by atoms with E-state index in [2.05, 4.69) is 28.9 Å². The summed E-state index contributed by atoms with van der Waals surface area (Å²) in [6, 6.07) is 0. The largest absolute Gasteiger partial charge is 0.338 e. The number of nitrogens with two attached hydrogens (primary N) is 1. The first-order valence-corrected chi connectivity index (χ1v) is 6.39. The fourth-order valence-electron chi connectivity index (χ4n) is 2.49. The Balaban J connectivity index is 1.94. The van der Waals surface area contributed by atoms with Crippen LogP contribution in [0.5, 0.6) is 0 Å². The molecule has 0 aliphatic carbocycles. The van der Waals surface area contributed by atoms with Gasteiger partial charge in [0.05, 0.1) is 13.1 Å². The Bertz CT molecular complexity index is 365. The second kappa shape index (κ2) is 5.14. The third kappa shape index (κ3) is 3.04. The van der Waals surface area contributed by atoms with Crippen molar-refractivity contribution in [1.29, 1.82) is 0 Å². The summed E-state index contributed by atoms with van der Waals surface area (Å²) in [6.45, 7) is 7.97. The predicted molar refractivity (Wildman–Crippen MR) is 65.1 cm³/mol. The fourth-order valence-corrected chi connectivity index (χ4v) is 2.49. The SMILES string of the molecule is CCC1(C)CCCN(Cc2noc(CN)n2)C1. The molecule has 2 rings (SSSR count). The Morgan fingerprint density at radius 2 is 2.35 bits per heavy atom. The Labute approximate surface area is 102 Å². The molecule has 1 aromatic rings. The molecule has 5 nitrogen and oxygen atoms in total. The lowest BCUT2D eigenvalue weighted by atomic mass is 9.80. The molecule has 1 saturated heterocycles. The van der Waals surface area contributed by atoms with Crippen molar-refractivity contribution in [3.63, 3.8) is 0 Å². The van der Waals surface area contributed by atoms with Crippen LogP contribution in [0, 0.1) is 5.41 Å². The lowest BCUT2D eigenvalue weighted by molar-refractivity contribution is 0.0909. The van der Waals surface area contributed by atoms with Gasteiger partial charge in [0.1, 0.15) is 0 Å². The minimum Gasteiger partial charge on any atom is -0.338 e. The molecule has 1 aliphatic rings. The molecule has 2 heterocycles. The zero-order valence-corrected chi connectivity index (χ0v) is 10.8. The molecule has 17 heavy (non-hydrogen) atoms. The van der Waals surface area contributed by atoms with Crippen LogP contribution in [0.1, 0.15) is 44.8 Å². The van der Waals surface area contributed by atoms with Crippen LogP contribution in [0.25, 0.3) is 0 Å². The second-order valence-corrected chi connectivity index (χ2v) is 5.29. The number of hydrogen-bond donors (Lipinski definition) is 1. The molecule has 0 aromatic carbocycles. The van der Waals surface area contributed by atoms with E-state index in [4.69, 9.17) is 10.3 Å². The molecule has 2 N–H and O–H groups in total. The molecular formula is C12H22N4O. The van der Waals surface area contributed by atoms with Crippen molar-refractivity contribution in [2.75, 3.05) is 13.1 Å². The van der Waals surface area contributed by atoms with Gasteiger partial charge >= 0.3 is 0 Å². The Morgan fingerprint density at radius 3 is 3.00 bits per heavy atom. The van der Waals surface area contributed by atoms with Crippen LogP contribution in [0.2, 0.25) is 0 Å². The topological polar surface area (TPSA) is 68.2 Å². The Morgan fingerprint density at radius 1 is 1.53 bits per heavy atom. The van der Waals surface area contributed by atoms with Crippen molar-refractivity contribution in [3.8, 4) is 0 Å². The number of piperidine rings is 1. The minimum absolute atomic E-state index is 0.319. The van der Waals surface area contributed by atoms with Crippen molar-refractivity contribution in [2.45, 2.75) is 46.2 Å². The standard InChI is InChI=1S/C12H22N4O/c1-3-12(2)5-4-6-16(9-12)8-10-14-11(7-13)17-15-10/h3-9,13H2,1-2H3. The average molecular weight is 238 g/mol. The maximum atomic E-state index is 5.45. The van der Waals surface area contributed by atoms with Crippen LogP contribution >= 0.6 is 0 Å². The van der Waals surface area contributed by atoms with Gasteiger partial charge in [-0.3, -0.25) is 4.90 Å². The summed E-state index contributed by atoms with van der Waals surface area (Å²) in [6.07, 6.45) is 3.80.